The van der Waals surface area contributed by atoms with E-state index in [-0.39, 0.29) is 20.3 Å². The molecule has 2 aliphatic heterocycles. The number of ether oxygens (including phenoxy) is 6. The van der Waals surface area contributed by atoms with Crippen LogP contribution in [0.1, 0.15) is 71.4 Å². The molecular formula is C48H52N8O12S2. The van der Waals surface area contributed by atoms with E-state index in [9.17, 15) is 26.4 Å². The smallest absolute Gasteiger partial charge is 0.257 e. The Kier molecular flexibility index (Phi) is 12.9. The maximum Gasteiger partial charge on any atom is 0.257 e. The quantitative estimate of drug-likeness (QED) is 0.109. The summed E-state index contributed by atoms with van der Waals surface area (Å²) in [6.45, 7) is 4.57. The van der Waals surface area contributed by atoms with Gasteiger partial charge in [0.2, 0.25) is 0 Å². The van der Waals surface area contributed by atoms with Crippen molar-refractivity contribution in [3.63, 3.8) is 0 Å². The molecule has 20 nitrogen and oxygen atoms in total. The van der Waals surface area contributed by atoms with E-state index in [1.165, 1.54) is 22.0 Å². The number of carbonyl (C=O) groups excluding carboxylic acids is 2. The fraction of sp³-hybridized carbons (Fsp3) is 0.375. The molecule has 10 rings (SSSR count). The topological polar surface area (TPSA) is 243 Å². The van der Waals surface area contributed by atoms with Crippen LogP contribution in [0.5, 0.6) is 34.5 Å². The van der Waals surface area contributed by atoms with Crippen molar-refractivity contribution in [2.75, 3.05) is 38.1 Å². The minimum absolute atomic E-state index is 0.280. The van der Waals surface area contributed by atoms with Crippen molar-refractivity contribution in [3.8, 4) is 34.5 Å². The minimum Gasteiger partial charge on any atom is -0.484 e. The number of fused-ring (bicyclic) bond motifs is 2. The molecule has 368 valence electrons. The van der Waals surface area contributed by atoms with Crippen molar-refractivity contribution >= 4 is 43.1 Å². The van der Waals surface area contributed by atoms with Gasteiger partial charge in [0, 0.05) is 63.4 Å². The summed E-state index contributed by atoms with van der Waals surface area (Å²) in [7, 11) is -0.0584. The Morgan fingerprint density at radius 1 is 0.629 bits per heavy atom. The van der Waals surface area contributed by atoms with Crippen LogP contribution in [-0.4, -0.2) is 108 Å². The molecule has 0 radical (unpaired) electrons. The number of nitrogens with zero attached hydrogens (tertiary/aromatic N) is 6. The highest BCUT2D eigenvalue weighted by atomic mass is 32.2. The van der Waals surface area contributed by atoms with Crippen LogP contribution in [0.4, 0.5) is 11.6 Å². The second-order valence-corrected chi connectivity index (χ2v) is 22.7. The number of amides is 2. The average Bonchev–Trinajstić information content (AvgIpc) is 4.22. The Hall–Kier alpha value is -6.88. The molecule has 2 aromatic heterocycles. The molecule has 6 aromatic rings. The molecule has 2 fully saturated rings. The van der Waals surface area contributed by atoms with Crippen molar-refractivity contribution in [2.45, 2.75) is 83.9 Å². The molecular weight excluding hydrogens is 945 g/mol. The Morgan fingerprint density at radius 3 is 1.31 bits per heavy atom. The summed E-state index contributed by atoms with van der Waals surface area (Å²) in [4.78, 5) is 29.2. The van der Waals surface area contributed by atoms with E-state index in [4.69, 9.17) is 28.4 Å². The molecule has 2 N–H and O–H groups in total. The van der Waals surface area contributed by atoms with E-state index < -0.39 is 42.7 Å². The van der Waals surface area contributed by atoms with E-state index >= 15 is 0 Å². The molecule has 4 aliphatic rings. The van der Waals surface area contributed by atoms with Crippen LogP contribution in [0.2, 0.25) is 0 Å². The first kappa shape index (κ1) is 48.2. The third kappa shape index (κ3) is 10.5. The Morgan fingerprint density at radius 2 is 1.00 bits per heavy atom. The minimum atomic E-state index is -3.29. The maximum absolute atomic E-state index is 12.9. The Bertz CT molecular complexity index is 2980. The van der Waals surface area contributed by atoms with E-state index in [0.29, 0.717) is 109 Å². The molecule has 2 amide bonds. The Labute approximate surface area is 404 Å². The molecule has 70 heavy (non-hydrogen) atoms. The maximum atomic E-state index is 12.9. The number of aryl methyl sites for hydroxylation is 2. The fourth-order valence-corrected chi connectivity index (χ4v) is 11.6. The second-order valence-electron chi connectivity index (χ2n) is 18.2. The molecule has 2 atom stereocenters. The van der Waals surface area contributed by atoms with Crippen molar-refractivity contribution in [2.24, 2.45) is 14.1 Å². The van der Waals surface area contributed by atoms with Crippen LogP contribution >= 0.6 is 0 Å². The zero-order valence-corrected chi connectivity index (χ0v) is 40.9. The van der Waals surface area contributed by atoms with Crippen LogP contribution < -0.4 is 29.6 Å². The lowest BCUT2D eigenvalue weighted by molar-refractivity contribution is 0.0203. The average molecular weight is 997 g/mol. The van der Waals surface area contributed by atoms with Gasteiger partial charge in [0.15, 0.2) is 31.3 Å². The summed E-state index contributed by atoms with van der Waals surface area (Å²) in [5.41, 5.74) is 1.01. The largest absolute Gasteiger partial charge is 0.484 e. The molecule has 2 unspecified atom stereocenters. The molecule has 0 spiro atoms. The predicted octanol–water partition coefficient (Wildman–Crippen LogP) is 6.27. The summed E-state index contributed by atoms with van der Waals surface area (Å²) in [5.74, 6) is 2.70. The zero-order valence-electron chi connectivity index (χ0n) is 39.3. The van der Waals surface area contributed by atoms with Crippen LogP contribution in [0.25, 0.3) is 0 Å². The standard InChI is InChI=1S/2C24H26N4O6S/c2*1-24(14-32-3)12-19-20(33-16-4-6-17(7-5-16)35(30,31)18-8-9-18)10-15(11-21(19)34-24)23(29)26-22-13-25-28(2)27-22/h2*4-7,10-11,13,18H,8-9,12,14H2,1-3H3,(H,26,27,29). The van der Waals surface area contributed by atoms with Crippen molar-refractivity contribution in [3.05, 3.63) is 107 Å². The number of carbonyl (C=O) groups is 2. The highest BCUT2D eigenvalue weighted by Gasteiger charge is 2.41. The van der Waals surface area contributed by atoms with E-state index in [2.05, 4.69) is 31.0 Å². The normalized spacial score (nSPS) is 19.2. The number of benzene rings is 4. The monoisotopic (exact) mass is 996 g/mol. The first-order valence-corrected chi connectivity index (χ1v) is 25.5. The van der Waals surface area contributed by atoms with Gasteiger partial charge in [0.25, 0.3) is 11.8 Å². The first-order chi connectivity index (χ1) is 33.3. The summed E-state index contributed by atoms with van der Waals surface area (Å²) < 4.78 is 85.3. The van der Waals surface area contributed by atoms with E-state index in [1.54, 1.807) is 101 Å². The van der Waals surface area contributed by atoms with Gasteiger partial charge in [0.1, 0.15) is 45.7 Å². The van der Waals surface area contributed by atoms with Gasteiger partial charge in [0.05, 0.1) is 45.9 Å². The summed E-state index contributed by atoms with van der Waals surface area (Å²) in [5, 5.41) is 20.9. The summed E-state index contributed by atoms with van der Waals surface area (Å²) in [6, 6.07) is 19.3. The number of hydrogen-bond acceptors (Lipinski definition) is 16. The number of methoxy groups -OCH3 is 2. The van der Waals surface area contributed by atoms with Crippen LogP contribution in [-0.2, 0) is 56.1 Å². The molecule has 4 heterocycles. The van der Waals surface area contributed by atoms with E-state index in [1.807, 2.05) is 13.8 Å². The van der Waals surface area contributed by atoms with Gasteiger partial charge in [-0.1, -0.05) is 0 Å². The Balaban J connectivity index is 0.000000174. The number of hydrogen-bond donors (Lipinski definition) is 2. The lowest BCUT2D eigenvalue weighted by atomic mass is 9.98. The summed E-state index contributed by atoms with van der Waals surface area (Å²) in [6.07, 6.45) is 6.76. The van der Waals surface area contributed by atoms with Crippen LogP contribution in [0.3, 0.4) is 0 Å². The van der Waals surface area contributed by atoms with Gasteiger partial charge in [-0.3, -0.25) is 9.59 Å². The number of anilines is 2. The van der Waals surface area contributed by atoms with Gasteiger partial charge in [-0.05, 0) is 112 Å². The number of rotatable bonds is 16. The SMILES string of the molecule is COCC1(C)Cc2c(Oc3ccc(S(=O)(=O)C4CC4)cc3)cc(C(=O)Nc3cnn(C)n3)cc2O1.COCC1(C)Cc2c(Oc3ccc(S(=O)(=O)C4CC4)cc3)cc(C(=O)Nc3cnn(C)n3)cc2O1. The van der Waals surface area contributed by atoms with Crippen molar-refractivity contribution < 1.29 is 54.8 Å². The first-order valence-electron chi connectivity index (χ1n) is 22.4. The molecule has 0 bridgehead atoms. The van der Waals surface area contributed by atoms with Crippen LogP contribution in [0, 0.1) is 0 Å². The van der Waals surface area contributed by atoms with Crippen LogP contribution in [0.15, 0.2) is 95.0 Å². The van der Waals surface area contributed by atoms with Crippen molar-refractivity contribution in [1.82, 2.24) is 30.0 Å². The molecule has 2 saturated carbocycles. The third-order valence-electron chi connectivity index (χ3n) is 11.9. The fourth-order valence-electron chi connectivity index (χ4n) is 8.31. The molecule has 4 aromatic carbocycles. The lowest BCUT2D eigenvalue weighted by Gasteiger charge is -2.22. The molecule has 22 heteroatoms. The number of aromatic nitrogens is 6. The number of sulfone groups is 2. The molecule has 2 aliphatic carbocycles. The third-order valence-corrected chi connectivity index (χ3v) is 16.5. The van der Waals surface area contributed by atoms with Gasteiger partial charge in [-0.15, -0.1) is 10.2 Å². The molecule has 0 saturated heterocycles. The highest BCUT2D eigenvalue weighted by molar-refractivity contribution is 7.92. The van der Waals surface area contributed by atoms with Gasteiger partial charge in [-0.2, -0.15) is 19.8 Å². The van der Waals surface area contributed by atoms with Gasteiger partial charge < -0.3 is 39.1 Å². The van der Waals surface area contributed by atoms with Crippen molar-refractivity contribution in [1.29, 1.82) is 0 Å². The predicted molar refractivity (Wildman–Crippen MR) is 253 cm³/mol. The van der Waals surface area contributed by atoms with Gasteiger partial charge in [-0.25, -0.2) is 16.8 Å². The lowest BCUT2D eigenvalue weighted by Crippen LogP contribution is -2.35. The summed E-state index contributed by atoms with van der Waals surface area (Å²) >= 11 is 0. The second kappa shape index (κ2) is 18.8. The zero-order chi connectivity index (χ0) is 49.6. The van der Waals surface area contributed by atoms with Gasteiger partial charge >= 0.3 is 0 Å². The highest BCUT2D eigenvalue weighted by Crippen LogP contribution is 2.45. The van der Waals surface area contributed by atoms with E-state index in [0.717, 1.165) is 11.1 Å². The number of nitrogens with one attached hydrogen (secondary N) is 2.